The van der Waals surface area contributed by atoms with Crippen molar-refractivity contribution in [3.63, 3.8) is 0 Å². The first-order valence-corrected chi connectivity index (χ1v) is 6.25. The fourth-order valence-corrected chi connectivity index (χ4v) is 2.23. The van der Waals surface area contributed by atoms with Crippen molar-refractivity contribution >= 4 is 11.6 Å². The predicted molar refractivity (Wildman–Crippen MR) is 63.8 cm³/mol. The van der Waals surface area contributed by atoms with Gasteiger partial charge in [0.05, 0.1) is 6.61 Å². The van der Waals surface area contributed by atoms with E-state index in [-0.39, 0.29) is 5.28 Å². The van der Waals surface area contributed by atoms with Gasteiger partial charge in [-0.15, -0.1) is 0 Å². The molecule has 0 aliphatic heterocycles. The Hall–Kier alpha value is -0.830. The van der Waals surface area contributed by atoms with Gasteiger partial charge in [-0.3, -0.25) is 0 Å². The van der Waals surface area contributed by atoms with Crippen LogP contribution in [0.15, 0.2) is 6.20 Å². The summed E-state index contributed by atoms with van der Waals surface area (Å²) in [4.78, 5) is 8.00. The summed E-state index contributed by atoms with van der Waals surface area (Å²) in [5.74, 6) is 1.31. The Morgan fingerprint density at radius 1 is 1.38 bits per heavy atom. The Morgan fingerprint density at radius 2 is 2.12 bits per heavy atom. The van der Waals surface area contributed by atoms with Gasteiger partial charge in [0.1, 0.15) is 0 Å². The fourth-order valence-electron chi connectivity index (χ4n) is 2.10. The van der Waals surface area contributed by atoms with Crippen molar-refractivity contribution in [2.45, 2.75) is 39.0 Å². The fraction of sp³-hybridized carbons (Fsp3) is 0.667. The quantitative estimate of drug-likeness (QED) is 0.760. The van der Waals surface area contributed by atoms with Crippen LogP contribution < -0.4 is 4.74 Å². The van der Waals surface area contributed by atoms with Gasteiger partial charge in [-0.2, -0.15) is 4.98 Å². The van der Waals surface area contributed by atoms with E-state index in [1.54, 1.807) is 6.20 Å². The summed E-state index contributed by atoms with van der Waals surface area (Å²) in [5.41, 5.74) is 0.945. The smallest absolute Gasteiger partial charge is 0.225 e. The molecule has 1 aliphatic carbocycles. The van der Waals surface area contributed by atoms with Gasteiger partial charge in [0.25, 0.3) is 0 Å². The number of halogens is 1. The second-order valence-corrected chi connectivity index (χ2v) is 4.78. The van der Waals surface area contributed by atoms with Gasteiger partial charge in [0.15, 0.2) is 0 Å². The number of hydrogen-bond donors (Lipinski definition) is 0. The van der Waals surface area contributed by atoms with Crippen LogP contribution in [0.5, 0.6) is 5.88 Å². The summed E-state index contributed by atoms with van der Waals surface area (Å²) < 4.78 is 5.72. The molecule has 1 heterocycles. The lowest BCUT2D eigenvalue weighted by Gasteiger charge is -2.21. The van der Waals surface area contributed by atoms with Crippen LogP contribution in [0, 0.1) is 12.8 Å². The minimum atomic E-state index is 0.254. The molecule has 0 amide bonds. The molecule has 1 aromatic rings. The summed E-state index contributed by atoms with van der Waals surface area (Å²) in [6.07, 6.45) is 8.28. The zero-order valence-electron chi connectivity index (χ0n) is 9.58. The molecule has 0 aromatic carbocycles. The molecule has 1 aliphatic rings. The maximum absolute atomic E-state index is 5.74. The van der Waals surface area contributed by atoms with Gasteiger partial charge in [0, 0.05) is 11.8 Å². The zero-order chi connectivity index (χ0) is 11.4. The first-order valence-electron chi connectivity index (χ1n) is 5.87. The van der Waals surface area contributed by atoms with Crippen LogP contribution in [0.2, 0.25) is 5.28 Å². The van der Waals surface area contributed by atoms with Crippen molar-refractivity contribution in [2.24, 2.45) is 5.92 Å². The summed E-state index contributed by atoms with van der Waals surface area (Å²) in [6, 6.07) is 0. The lowest BCUT2D eigenvalue weighted by atomic mass is 9.90. The Balaban J connectivity index is 1.90. The molecular weight excluding hydrogens is 224 g/mol. The van der Waals surface area contributed by atoms with Crippen LogP contribution >= 0.6 is 11.6 Å². The molecular formula is C12H17ClN2O. The molecule has 0 saturated heterocycles. The normalized spacial score (nSPS) is 17.4. The molecule has 88 valence electrons. The number of hydrogen-bond acceptors (Lipinski definition) is 3. The highest BCUT2D eigenvalue weighted by Crippen LogP contribution is 2.25. The average Bonchev–Trinajstić information content (AvgIpc) is 2.32. The van der Waals surface area contributed by atoms with E-state index < -0.39 is 0 Å². The predicted octanol–water partition coefficient (Wildman–Crippen LogP) is 3.40. The zero-order valence-corrected chi connectivity index (χ0v) is 10.3. The Bertz CT molecular complexity index is 351. The topological polar surface area (TPSA) is 35.0 Å². The number of rotatable bonds is 3. The Labute approximate surface area is 101 Å². The van der Waals surface area contributed by atoms with E-state index in [4.69, 9.17) is 16.3 Å². The monoisotopic (exact) mass is 240 g/mol. The van der Waals surface area contributed by atoms with Gasteiger partial charge in [-0.25, -0.2) is 4.98 Å². The van der Waals surface area contributed by atoms with Crippen LogP contribution in [-0.2, 0) is 0 Å². The molecule has 1 aromatic heterocycles. The van der Waals surface area contributed by atoms with E-state index >= 15 is 0 Å². The molecule has 0 bridgehead atoms. The van der Waals surface area contributed by atoms with Crippen molar-refractivity contribution in [2.75, 3.05) is 6.61 Å². The minimum absolute atomic E-state index is 0.254. The summed E-state index contributed by atoms with van der Waals surface area (Å²) >= 11 is 5.74. The molecule has 0 radical (unpaired) electrons. The maximum Gasteiger partial charge on any atom is 0.225 e. The van der Waals surface area contributed by atoms with Crippen LogP contribution in [0.4, 0.5) is 0 Å². The highest BCUT2D eigenvalue weighted by Gasteiger charge is 2.15. The summed E-state index contributed by atoms with van der Waals surface area (Å²) in [5, 5.41) is 0.254. The third kappa shape index (κ3) is 3.08. The van der Waals surface area contributed by atoms with E-state index in [0.29, 0.717) is 11.8 Å². The molecule has 3 nitrogen and oxygen atoms in total. The van der Waals surface area contributed by atoms with Gasteiger partial charge in [0.2, 0.25) is 11.2 Å². The van der Waals surface area contributed by atoms with E-state index in [1.165, 1.54) is 32.1 Å². The van der Waals surface area contributed by atoms with Crippen molar-refractivity contribution in [1.29, 1.82) is 0 Å². The second-order valence-electron chi connectivity index (χ2n) is 4.44. The molecule has 1 saturated carbocycles. The number of aryl methyl sites for hydroxylation is 1. The Morgan fingerprint density at radius 3 is 2.88 bits per heavy atom. The molecule has 4 heteroatoms. The second kappa shape index (κ2) is 5.48. The van der Waals surface area contributed by atoms with Gasteiger partial charge >= 0.3 is 0 Å². The van der Waals surface area contributed by atoms with E-state index in [0.717, 1.165) is 12.2 Å². The third-order valence-electron chi connectivity index (χ3n) is 3.08. The summed E-state index contributed by atoms with van der Waals surface area (Å²) in [6.45, 7) is 2.70. The maximum atomic E-state index is 5.74. The molecule has 0 atom stereocenters. The molecule has 0 N–H and O–H groups in total. The van der Waals surface area contributed by atoms with Crippen molar-refractivity contribution in [3.05, 3.63) is 17.0 Å². The molecule has 16 heavy (non-hydrogen) atoms. The first-order chi connectivity index (χ1) is 7.75. The van der Waals surface area contributed by atoms with Crippen LogP contribution in [-0.4, -0.2) is 16.6 Å². The molecule has 2 rings (SSSR count). The number of aromatic nitrogens is 2. The third-order valence-corrected chi connectivity index (χ3v) is 3.26. The lowest BCUT2D eigenvalue weighted by molar-refractivity contribution is 0.201. The minimum Gasteiger partial charge on any atom is -0.477 e. The summed E-state index contributed by atoms with van der Waals surface area (Å²) in [7, 11) is 0. The highest BCUT2D eigenvalue weighted by molar-refractivity contribution is 6.28. The SMILES string of the molecule is Cc1cnc(Cl)nc1OCC1CCCCC1. The lowest BCUT2D eigenvalue weighted by Crippen LogP contribution is -2.16. The van der Waals surface area contributed by atoms with E-state index in [1.807, 2.05) is 6.92 Å². The first kappa shape index (κ1) is 11.6. The number of nitrogens with zero attached hydrogens (tertiary/aromatic N) is 2. The largest absolute Gasteiger partial charge is 0.477 e. The standard InChI is InChI=1S/C12H17ClN2O/c1-9-7-14-12(13)15-11(9)16-8-10-5-3-2-4-6-10/h7,10H,2-6,8H2,1H3. The van der Waals surface area contributed by atoms with Crippen LogP contribution in [0.3, 0.4) is 0 Å². The molecule has 0 spiro atoms. The van der Waals surface area contributed by atoms with Gasteiger partial charge in [-0.05, 0) is 37.3 Å². The van der Waals surface area contributed by atoms with Crippen molar-refractivity contribution < 1.29 is 4.74 Å². The Kier molecular flexibility index (Phi) is 3.99. The molecule has 1 fully saturated rings. The van der Waals surface area contributed by atoms with Crippen molar-refractivity contribution in [1.82, 2.24) is 9.97 Å². The highest BCUT2D eigenvalue weighted by atomic mass is 35.5. The van der Waals surface area contributed by atoms with E-state index in [2.05, 4.69) is 9.97 Å². The van der Waals surface area contributed by atoms with Crippen molar-refractivity contribution in [3.8, 4) is 5.88 Å². The van der Waals surface area contributed by atoms with Crippen LogP contribution in [0.1, 0.15) is 37.7 Å². The average molecular weight is 241 g/mol. The molecule has 0 unspecified atom stereocenters. The van der Waals surface area contributed by atoms with Gasteiger partial charge in [-0.1, -0.05) is 19.3 Å². The van der Waals surface area contributed by atoms with Crippen LogP contribution in [0.25, 0.3) is 0 Å². The number of ether oxygens (including phenoxy) is 1. The van der Waals surface area contributed by atoms with Gasteiger partial charge < -0.3 is 4.74 Å². The van der Waals surface area contributed by atoms with E-state index in [9.17, 15) is 0 Å².